The normalized spacial score (nSPS) is 10.1. The predicted octanol–water partition coefficient (Wildman–Crippen LogP) is 1.67. The highest BCUT2D eigenvalue weighted by atomic mass is 15.1. The molecule has 0 spiro atoms. The quantitative estimate of drug-likeness (QED) is 0.555. The topological polar surface area (TPSA) is 7.76 Å². The number of hydrogen-bond acceptors (Lipinski definition) is 0. The van der Waals surface area contributed by atoms with Crippen LogP contribution in [-0.2, 0) is 6.67 Å². The molecule has 0 aliphatic carbocycles. The summed E-state index contributed by atoms with van der Waals surface area (Å²) in [6, 6.07) is 4.19. The Labute approximate surface area is 109 Å². The highest BCUT2D eigenvalue weighted by molar-refractivity contribution is 5.29. The maximum Gasteiger partial charge on any atom is 0.343 e. The molecular weight excluding hydrogens is 220 g/mol. The third-order valence-corrected chi connectivity index (χ3v) is 2.75. The van der Waals surface area contributed by atoms with Crippen LogP contribution in [0.5, 0.6) is 0 Å². The van der Waals surface area contributed by atoms with Gasteiger partial charge in [-0.3, -0.25) is 0 Å². The summed E-state index contributed by atoms with van der Waals surface area (Å²) in [5.74, 6) is 2.69. The summed E-state index contributed by atoms with van der Waals surface area (Å²) in [6.07, 6.45) is 13.8. The Morgan fingerprint density at radius 3 is 1.94 bits per heavy atom. The maximum atomic E-state index is 5.46. The Balaban J connectivity index is 2.34. The summed E-state index contributed by atoms with van der Waals surface area (Å²) in [5.41, 5.74) is 4.62. The molecule has 2 aromatic heterocycles. The van der Waals surface area contributed by atoms with Crippen LogP contribution in [-0.4, -0.2) is 0 Å². The molecule has 0 aromatic carbocycles. The first kappa shape index (κ1) is 12.3. The number of rotatable bonds is 2. The van der Waals surface area contributed by atoms with E-state index in [0.717, 1.165) is 12.2 Å². The molecule has 0 atom stereocenters. The SMILES string of the molecule is C#Cc1cc(C)c[n+](C[n+]2cc(C)cc(C)c2)c1. The van der Waals surface area contributed by atoms with Crippen LogP contribution < -0.4 is 9.13 Å². The monoisotopic (exact) mass is 238 g/mol. The van der Waals surface area contributed by atoms with E-state index in [0.29, 0.717) is 0 Å². The van der Waals surface area contributed by atoms with Crippen molar-refractivity contribution in [3.8, 4) is 12.3 Å². The van der Waals surface area contributed by atoms with Crippen LogP contribution in [0.15, 0.2) is 36.9 Å². The van der Waals surface area contributed by atoms with Crippen LogP contribution in [0.4, 0.5) is 0 Å². The van der Waals surface area contributed by atoms with E-state index in [2.05, 4.69) is 60.5 Å². The number of nitrogens with zero attached hydrogens (tertiary/aromatic N) is 2. The lowest BCUT2D eigenvalue weighted by Crippen LogP contribution is -2.51. The van der Waals surface area contributed by atoms with E-state index < -0.39 is 0 Å². The van der Waals surface area contributed by atoms with Gasteiger partial charge >= 0.3 is 6.67 Å². The first-order valence-electron chi connectivity index (χ1n) is 6.01. The molecule has 0 aliphatic rings. The van der Waals surface area contributed by atoms with Crippen LogP contribution in [0.1, 0.15) is 22.3 Å². The molecule has 2 aromatic rings. The molecule has 0 saturated carbocycles. The number of pyridine rings is 2. The van der Waals surface area contributed by atoms with Gasteiger partial charge in [0.1, 0.15) is 0 Å². The maximum absolute atomic E-state index is 5.46. The average molecular weight is 238 g/mol. The average Bonchev–Trinajstić information content (AvgIpc) is 2.26. The van der Waals surface area contributed by atoms with Gasteiger partial charge in [-0.15, -0.1) is 15.6 Å². The first-order chi connectivity index (χ1) is 8.56. The van der Waals surface area contributed by atoms with Gasteiger partial charge in [0.2, 0.25) is 0 Å². The fourth-order valence-electron chi connectivity index (χ4n) is 2.22. The van der Waals surface area contributed by atoms with Crippen molar-refractivity contribution in [3.63, 3.8) is 0 Å². The minimum absolute atomic E-state index is 0.777. The molecule has 90 valence electrons. The van der Waals surface area contributed by atoms with E-state index in [9.17, 15) is 0 Å². The number of terminal acetylenes is 1. The second kappa shape index (κ2) is 5.01. The highest BCUT2D eigenvalue weighted by Gasteiger charge is 2.11. The summed E-state index contributed by atoms with van der Waals surface area (Å²) in [6.45, 7) is 7.05. The molecule has 18 heavy (non-hydrogen) atoms. The molecule has 0 amide bonds. The largest absolute Gasteiger partial charge is 0.343 e. The first-order valence-corrected chi connectivity index (χ1v) is 6.01. The van der Waals surface area contributed by atoms with Gasteiger partial charge in [0.15, 0.2) is 24.8 Å². The number of hydrogen-bond donors (Lipinski definition) is 0. The van der Waals surface area contributed by atoms with Gasteiger partial charge in [-0.05, 0) is 32.9 Å². The molecule has 2 heteroatoms. The Bertz CT molecular complexity index is 601. The van der Waals surface area contributed by atoms with E-state index in [-0.39, 0.29) is 0 Å². The van der Waals surface area contributed by atoms with Crippen molar-refractivity contribution >= 4 is 0 Å². The lowest BCUT2D eigenvalue weighted by atomic mass is 10.2. The molecule has 2 nitrogen and oxygen atoms in total. The van der Waals surface area contributed by atoms with E-state index in [1.807, 2.05) is 12.3 Å². The molecule has 0 N–H and O–H groups in total. The molecular formula is C16H18N2+2. The van der Waals surface area contributed by atoms with E-state index in [1.54, 1.807) is 0 Å². The Morgan fingerprint density at radius 2 is 1.39 bits per heavy atom. The van der Waals surface area contributed by atoms with Crippen LogP contribution in [0, 0.1) is 33.1 Å². The van der Waals surface area contributed by atoms with Crippen molar-refractivity contribution in [1.29, 1.82) is 0 Å². The van der Waals surface area contributed by atoms with Gasteiger partial charge < -0.3 is 0 Å². The van der Waals surface area contributed by atoms with Crippen LogP contribution >= 0.6 is 0 Å². The fourth-order valence-corrected chi connectivity index (χ4v) is 2.22. The smallest absolute Gasteiger partial charge is 0.146 e. The summed E-state index contributed by atoms with van der Waals surface area (Å²) < 4.78 is 4.29. The molecule has 0 radical (unpaired) electrons. The van der Waals surface area contributed by atoms with E-state index >= 15 is 0 Å². The lowest BCUT2D eigenvalue weighted by molar-refractivity contribution is -0.913. The third-order valence-electron chi connectivity index (χ3n) is 2.75. The minimum atomic E-state index is 0.777. The van der Waals surface area contributed by atoms with Gasteiger partial charge in [0, 0.05) is 16.7 Å². The van der Waals surface area contributed by atoms with Crippen molar-refractivity contribution < 1.29 is 9.13 Å². The Morgan fingerprint density at radius 1 is 0.889 bits per heavy atom. The van der Waals surface area contributed by atoms with E-state index in [1.165, 1.54) is 16.7 Å². The summed E-state index contributed by atoms with van der Waals surface area (Å²) >= 11 is 0. The molecule has 0 unspecified atom stereocenters. The second-order valence-corrected chi connectivity index (χ2v) is 4.81. The van der Waals surface area contributed by atoms with Crippen LogP contribution in [0.3, 0.4) is 0 Å². The predicted molar refractivity (Wildman–Crippen MR) is 70.8 cm³/mol. The zero-order valence-corrected chi connectivity index (χ0v) is 11.1. The minimum Gasteiger partial charge on any atom is -0.146 e. The van der Waals surface area contributed by atoms with Gasteiger partial charge in [0.05, 0.1) is 5.56 Å². The third kappa shape index (κ3) is 2.95. The summed E-state index contributed by atoms with van der Waals surface area (Å²) in [7, 11) is 0. The number of aryl methyl sites for hydroxylation is 3. The Hall–Kier alpha value is -2.14. The zero-order valence-electron chi connectivity index (χ0n) is 11.1. The van der Waals surface area contributed by atoms with Gasteiger partial charge in [0.25, 0.3) is 0 Å². The van der Waals surface area contributed by atoms with Crippen molar-refractivity contribution in [2.75, 3.05) is 0 Å². The zero-order chi connectivity index (χ0) is 13.1. The fraction of sp³-hybridized carbons (Fsp3) is 0.250. The molecule has 0 bridgehead atoms. The molecule has 2 heterocycles. The lowest BCUT2D eigenvalue weighted by Gasteiger charge is -1.99. The van der Waals surface area contributed by atoms with E-state index in [4.69, 9.17) is 6.42 Å². The van der Waals surface area contributed by atoms with Gasteiger partial charge in [-0.25, -0.2) is 0 Å². The highest BCUT2D eigenvalue weighted by Crippen LogP contribution is 1.99. The van der Waals surface area contributed by atoms with Gasteiger partial charge in [-0.2, -0.15) is 0 Å². The summed E-state index contributed by atoms with van der Waals surface area (Å²) in [5, 5.41) is 0. The molecule has 0 aliphatic heterocycles. The molecule has 0 fully saturated rings. The second-order valence-electron chi connectivity index (χ2n) is 4.81. The van der Waals surface area contributed by atoms with Crippen molar-refractivity contribution in [3.05, 3.63) is 59.2 Å². The number of aromatic nitrogens is 2. The van der Waals surface area contributed by atoms with Crippen LogP contribution in [0.2, 0.25) is 0 Å². The standard InChI is InChI=1S/C16H18N2/c1-5-16-7-15(4)10-18(11-16)12-17-8-13(2)6-14(3)9-17/h1,6-11H,12H2,2-4H3/q+2. The molecule has 0 saturated heterocycles. The Kier molecular flexibility index (Phi) is 3.43. The van der Waals surface area contributed by atoms with Crippen molar-refractivity contribution in [1.82, 2.24) is 0 Å². The summed E-state index contributed by atoms with van der Waals surface area (Å²) in [4.78, 5) is 0. The van der Waals surface area contributed by atoms with Crippen molar-refractivity contribution in [2.45, 2.75) is 27.4 Å². The molecule has 2 rings (SSSR count). The van der Waals surface area contributed by atoms with Crippen LogP contribution in [0.25, 0.3) is 0 Å². The van der Waals surface area contributed by atoms with Crippen molar-refractivity contribution in [2.24, 2.45) is 0 Å². The van der Waals surface area contributed by atoms with Gasteiger partial charge in [-0.1, -0.05) is 5.92 Å².